The number of nitrogens with zero attached hydrogens (tertiary/aromatic N) is 3. The first-order valence-electron chi connectivity index (χ1n) is 8.68. The molecule has 144 valence electrons. The Balaban J connectivity index is 1.58. The number of nitrogens with two attached hydrogens (primary N) is 1. The van der Waals surface area contributed by atoms with Crippen molar-refractivity contribution in [2.24, 2.45) is 0 Å². The molecule has 1 aromatic heterocycles. The second-order valence-corrected chi connectivity index (χ2v) is 7.11. The lowest BCUT2D eigenvalue weighted by Gasteiger charge is -2.10. The Morgan fingerprint density at radius 1 is 1.04 bits per heavy atom. The molecule has 28 heavy (non-hydrogen) atoms. The molecule has 0 aliphatic carbocycles. The van der Waals surface area contributed by atoms with E-state index in [2.05, 4.69) is 20.3 Å². The smallest absolute Gasteiger partial charge is 0.316 e. The van der Waals surface area contributed by atoms with E-state index in [-0.39, 0.29) is 30.1 Å². The van der Waals surface area contributed by atoms with E-state index in [0.29, 0.717) is 5.95 Å². The topological polar surface area (TPSA) is 103 Å². The molecule has 0 bridgehead atoms. The van der Waals surface area contributed by atoms with Crippen LogP contribution in [-0.4, -0.2) is 26.7 Å². The average Bonchev–Trinajstić information content (AvgIpc) is 2.67. The molecule has 0 saturated heterocycles. The number of hydrogen-bond acceptors (Lipinski definition) is 8. The van der Waals surface area contributed by atoms with Crippen molar-refractivity contribution in [2.75, 3.05) is 16.8 Å². The number of aryl methyl sites for hydroxylation is 2. The van der Waals surface area contributed by atoms with Crippen LogP contribution in [0.2, 0.25) is 0 Å². The Bertz CT molecular complexity index is 980. The van der Waals surface area contributed by atoms with Gasteiger partial charge in [0.2, 0.25) is 11.9 Å². The second-order valence-electron chi connectivity index (χ2n) is 6.09. The fourth-order valence-electron chi connectivity index (χ4n) is 2.43. The van der Waals surface area contributed by atoms with E-state index < -0.39 is 0 Å². The summed E-state index contributed by atoms with van der Waals surface area (Å²) < 4.78 is 5.28. The molecule has 0 atom stereocenters. The van der Waals surface area contributed by atoms with Crippen LogP contribution in [0, 0.1) is 13.8 Å². The Morgan fingerprint density at radius 3 is 2.50 bits per heavy atom. The SMILES string of the molecule is Cc1ccccc1Nc1nc(N)nc(COC(=O)CSc2ccccc2C)n1. The van der Waals surface area contributed by atoms with Crippen LogP contribution < -0.4 is 11.1 Å². The van der Waals surface area contributed by atoms with Gasteiger partial charge >= 0.3 is 5.97 Å². The van der Waals surface area contributed by atoms with Gasteiger partial charge in [0.15, 0.2) is 12.4 Å². The van der Waals surface area contributed by atoms with E-state index >= 15 is 0 Å². The van der Waals surface area contributed by atoms with E-state index in [0.717, 1.165) is 21.7 Å². The van der Waals surface area contributed by atoms with Crippen LogP contribution in [0.3, 0.4) is 0 Å². The lowest BCUT2D eigenvalue weighted by atomic mass is 10.2. The molecule has 0 amide bonds. The van der Waals surface area contributed by atoms with E-state index in [4.69, 9.17) is 10.5 Å². The maximum Gasteiger partial charge on any atom is 0.316 e. The molecule has 0 spiro atoms. The van der Waals surface area contributed by atoms with E-state index in [1.807, 2.05) is 62.4 Å². The van der Waals surface area contributed by atoms with Gasteiger partial charge in [-0.1, -0.05) is 36.4 Å². The van der Waals surface area contributed by atoms with E-state index in [9.17, 15) is 4.79 Å². The van der Waals surface area contributed by atoms with Gasteiger partial charge in [-0.15, -0.1) is 11.8 Å². The van der Waals surface area contributed by atoms with Crippen molar-refractivity contribution < 1.29 is 9.53 Å². The summed E-state index contributed by atoms with van der Waals surface area (Å²) in [6.45, 7) is 3.91. The number of esters is 1. The molecule has 8 heteroatoms. The fraction of sp³-hybridized carbons (Fsp3) is 0.200. The summed E-state index contributed by atoms with van der Waals surface area (Å²) in [6, 6.07) is 15.6. The number of hydrogen-bond donors (Lipinski definition) is 2. The van der Waals surface area contributed by atoms with Crippen LogP contribution >= 0.6 is 11.8 Å². The first-order chi connectivity index (χ1) is 13.5. The molecule has 0 saturated carbocycles. The number of benzene rings is 2. The fourth-order valence-corrected chi connectivity index (χ4v) is 3.26. The van der Waals surface area contributed by atoms with Gasteiger partial charge in [0.05, 0.1) is 5.75 Å². The molecule has 0 aliphatic rings. The van der Waals surface area contributed by atoms with Gasteiger partial charge in [-0.3, -0.25) is 4.79 Å². The predicted molar refractivity (Wildman–Crippen MR) is 110 cm³/mol. The summed E-state index contributed by atoms with van der Waals surface area (Å²) in [6.07, 6.45) is 0. The number of ether oxygens (including phenoxy) is 1. The molecular weight excluding hydrogens is 374 g/mol. The number of aromatic nitrogens is 3. The first-order valence-corrected chi connectivity index (χ1v) is 9.67. The highest BCUT2D eigenvalue weighted by atomic mass is 32.2. The summed E-state index contributed by atoms with van der Waals surface area (Å²) in [5.41, 5.74) is 8.80. The van der Waals surface area contributed by atoms with Gasteiger partial charge in [0.25, 0.3) is 0 Å². The number of para-hydroxylation sites is 1. The zero-order valence-corrected chi connectivity index (χ0v) is 16.5. The summed E-state index contributed by atoms with van der Waals surface area (Å²) in [5, 5.41) is 3.11. The van der Waals surface area contributed by atoms with Crippen molar-refractivity contribution in [3.8, 4) is 0 Å². The zero-order chi connectivity index (χ0) is 19.9. The number of carbonyl (C=O) groups is 1. The summed E-state index contributed by atoms with van der Waals surface area (Å²) in [4.78, 5) is 25.5. The molecule has 7 nitrogen and oxygen atoms in total. The van der Waals surface area contributed by atoms with Gasteiger partial charge in [-0.2, -0.15) is 15.0 Å². The van der Waals surface area contributed by atoms with E-state index in [1.54, 1.807) is 0 Å². The quantitative estimate of drug-likeness (QED) is 0.462. The third kappa shape index (κ3) is 5.43. The lowest BCUT2D eigenvalue weighted by Crippen LogP contribution is -2.12. The zero-order valence-electron chi connectivity index (χ0n) is 15.7. The molecule has 3 aromatic rings. The Kier molecular flexibility index (Phi) is 6.44. The molecular formula is C20H21N5O2S. The van der Waals surface area contributed by atoms with Gasteiger partial charge in [-0.05, 0) is 37.1 Å². The third-order valence-electron chi connectivity index (χ3n) is 3.89. The molecule has 3 N–H and O–H groups in total. The van der Waals surface area contributed by atoms with Crippen molar-refractivity contribution in [2.45, 2.75) is 25.3 Å². The van der Waals surface area contributed by atoms with Crippen molar-refractivity contribution in [1.29, 1.82) is 0 Å². The van der Waals surface area contributed by atoms with Crippen LogP contribution in [0.25, 0.3) is 0 Å². The van der Waals surface area contributed by atoms with E-state index in [1.165, 1.54) is 11.8 Å². The average molecular weight is 395 g/mol. The van der Waals surface area contributed by atoms with Crippen LogP contribution in [0.1, 0.15) is 17.0 Å². The largest absolute Gasteiger partial charge is 0.457 e. The first kappa shape index (κ1) is 19.6. The third-order valence-corrected chi connectivity index (χ3v) is 5.04. The van der Waals surface area contributed by atoms with Gasteiger partial charge in [0, 0.05) is 10.6 Å². The number of thioether (sulfide) groups is 1. The highest BCUT2D eigenvalue weighted by Gasteiger charge is 2.10. The summed E-state index contributed by atoms with van der Waals surface area (Å²) >= 11 is 1.44. The van der Waals surface area contributed by atoms with Crippen molar-refractivity contribution in [3.63, 3.8) is 0 Å². The molecule has 1 heterocycles. The molecule has 3 rings (SSSR count). The van der Waals surface area contributed by atoms with Gasteiger partial charge in [-0.25, -0.2) is 0 Å². The molecule has 0 fully saturated rings. The van der Waals surface area contributed by atoms with Crippen LogP contribution in [0.4, 0.5) is 17.6 Å². The van der Waals surface area contributed by atoms with Crippen LogP contribution in [-0.2, 0) is 16.1 Å². The summed E-state index contributed by atoms with van der Waals surface area (Å²) in [7, 11) is 0. The molecule has 0 radical (unpaired) electrons. The monoisotopic (exact) mass is 395 g/mol. The lowest BCUT2D eigenvalue weighted by molar-refractivity contribution is -0.141. The van der Waals surface area contributed by atoms with Crippen molar-refractivity contribution in [1.82, 2.24) is 15.0 Å². The minimum Gasteiger partial charge on any atom is -0.457 e. The number of carbonyl (C=O) groups excluding carboxylic acids is 1. The maximum atomic E-state index is 12.0. The van der Waals surface area contributed by atoms with Gasteiger partial charge in [0.1, 0.15) is 0 Å². The standard InChI is InChI=1S/C20H21N5O2S/c1-13-7-3-5-9-15(13)22-20-24-17(23-19(21)25-20)11-27-18(26)12-28-16-10-6-4-8-14(16)2/h3-10H,11-12H2,1-2H3,(H3,21,22,23,24,25). The highest BCUT2D eigenvalue weighted by Crippen LogP contribution is 2.22. The second kappa shape index (κ2) is 9.18. The minimum atomic E-state index is -0.347. The van der Waals surface area contributed by atoms with Crippen molar-refractivity contribution in [3.05, 3.63) is 65.5 Å². The van der Waals surface area contributed by atoms with Gasteiger partial charge < -0.3 is 15.8 Å². The van der Waals surface area contributed by atoms with Crippen LogP contribution in [0.5, 0.6) is 0 Å². The Labute approximate surface area is 167 Å². The maximum absolute atomic E-state index is 12.0. The predicted octanol–water partition coefficient (Wildman–Crippen LogP) is 3.65. The summed E-state index contributed by atoms with van der Waals surface area (Å²) in [5.74, 6) is 0.520. The number of rotatable bonds is 7. The van der Waals surface area contributed by atoms with Crippen LogP contribution in [0.15, 0.2) is 53.4 Å². The number of nitrogens with one attached hydrogen (secondary N) is 1. The Hall–Kier alpha value is -3.13. The Morgan fingerprint density at radius 2 is 1.75 bits per heavy atom. The molecule has 0 aliphatic heterocycles. The molecule has 0 unspecified atom stereocenters. The number of anilines is 3. The minimum absolute atomic E-state index is 0.0615. The normalized spacial score (nSPS) is 10.5. The molecule has 2 aromatic carbocycles. The number of nitrogen functional groups attached to an aromatic ring is 1. The van der Waals surface area contributed by atoms with Crippen molar-refractivity contribution >= 4 is 35.3 Å². The highest BCUT2D eigenvalue weighted by molar-refractivity contribution is 8.00.